The molecule has 0 atom stereocenters. The molecule has 3 aromatic rings. The second-order valence-electron chi connectivity index (χ2n) is 8.79. The predicted octanol–water partition coefficient (Wildman–Crippen LogP) is 4.26. The van der Waals surface area contributed by atoms with E-state index in [-0.39, 0.29) is 35.0 Å². The van der Waals surface area contributed by atoms with Crippen LogP contribution in [0.15, 0.2) is 66.7 Å². The number of hydrogen-bond donors (Lipinski definition) is 1. The molecule has 4 amide bonds. The Morgan fingerprint density at radius 2 is 1.69 bits per heavy atom. The van der Waals surface area contributed by atoms with Gasteiger partial charge < -0.3 is 15.0 Å². The van der Waals surface area contributed by atoms with Gasteiger partial charge in [-0.2, -0.15) is 0 Å². The fourth-order valence-electron chi connectivity index (χ4n) is 4.58. The number of nitrogens with zero attached hydrogens (tertiary/aromatic N) is 2. The summed E-state index contributed by atoms with van der Waals surface area (Å²) in [5, 5.41) is 2.83. The van der Waals surface area contributed by atoms with Crippen LogP contribution < -0.4 is 15.0 Å². The first-order chi connectivity index (χ1) is 17.5. The number of fused-ring (bicyclic) bond motifs is 1. The highest BCUT2D eigenvalue weighted by Gasteiger charge is 2.36. The molecule has 1 N–H and O–H groups in total. The second kappa shape index (κ2) is 9.65. The Labute approximate surface area is 208 Å². The number of anilines is 2. The van der Waals surface area contributed by atoms with Gasteiger partial charge in [0.1, 0.15) is 5.75 Å². The fourth-order valence-corrected chi connectivity index (χ4v) is 4.58. The predicted molar refractivity (Wildman–Crippen MR) is 134 cm³/mol. The Kier molecular flexibility index (Phi) is 6.25. The van der Waals surface area contributed by atoms with E-state index in [1.165, 1.54) is 30.2 Å². The Bertz CT molecular complexity index is 1370. The van der Waals surface area contributed by atoms with Gasteiger partial charge in [-0.25, -0.2) is 0 Å². The van der Waals surface area contributed by atoms with E-state index < -0.39 is 11.8 Å². The van der Waals surface area contributed by atoms with Crippen molar-refractivity contribution in [3.05, 3.63) is 89.0 Å². The summed E-state index contributed by atoms with van der Waals surface area (Å²) in [5.41, 5.74) is 2.67. The van der Waals surface area contributed by atoms with Crippen LogP contribution in [0.25, 0.3) is 0 Å². The number of ether oxygens (including phenoxy) is 1. The zero-order valence-electron chi connectivity index (χ0n) is 19.8. The topological polar surface area (TPSA) is 96.0 Å². The van der Waals surface area contributed by atoms with Crippen LogP contribution in [0, 0.1) is 0 Å². The zero-order valence-corrected chi connectivity index (χ0v) is 19.8. The number of amides is 4. The maximum atomic E-state index is 13.0. The molecule has 8 nitrogen and oxygen atoms in total. The number of methoxy groups -OCH3 is 1. The lowest BCUT2D eigenvalue weighted by Gasteiger charge is -2.28. The molecule has 182 valence electrons. The molecular weight excluding hydrogens is 458 g/mol. The lowest BCUT2D eigenvalue weighted by Crippen LogP contribution is -2.35. The van der Waals surface area contributed by atoms with Crippen LogP contribution >= 0.6 is 0 Å². The number of nitrogens with one attached hydrogen (secondary N) is 1. The minimum absolute atomic E-state index is 0.0184. The number of carbonyl (C=O) groups excluding carboxylic acids is 4. The van der Waals surface area contributed by atoms with E-state index in [1.807, 2.05) is 30.3 Å². The number of carbonyl (C=O) groups is 4. The SMILES string of the molecule is COc1ccc(NC(=O)c2ccc3c(c2)C(=O)N(Cc2ccccc2)C3=O)cc1N1CCCCC1=O. The van der Waals surface area contributed by atoms with Gasteiger partial charge in [0.2, 0.25) is 5.91 Å². The molecule has 36 heavy (non-hydrogen) atoms. The molecule has 0 aromatic heterocycles. The molecular formula is C28H25N3O5. The van der Waals surface area contributed by atoms with Crippen LogP contribution in [0.1, 0.15) is 55.9 Å². The molecule has 5 rings (SSSR count). The van der Waals surface area contributed by atoms with Gasteiger partial charge in [-0.1, -0.05) is 30.3 Å². The third kappa shape index (κ3) is 4.33. The molecule has 0 radical (unpaired) electrons. The normalized spacial score (nSPS) is 15.2. The Balaban J connectivity index is 1.36. The van der Waals surface area contributed by atoms with Gasteiger partial charge in [-0.15, -0.1) is 0 Å². The van der Waals surface area contributed by atoms with Gasteiger partial charge in [0.25, 0.3) is 17.7 Å². The summed E-state index contributed by atoms with van der Waals surface area (Å²) in [6.45, 7) is 0.756. The summed E-state index contributed by atoms with van der Waals surface area (Å²) in [7, 11) is 1.54. The van der Waals surface area contributed by atoms with Crippen LogP contribution in [-0.4, -0.2) is 42.2 Å². The van der Waals surface area contributed by atoms with Crippen molar-refractivity contribution in [2.24, 2.45) is 0 Å². The Hall–Kier alpha value is -4.46. The summed E-state index contributed by atoms with van der Waals surface area (Å²) >= 11 is 0. The largest absolute Gasteiger partial charge is 0.495 e. The summed E-state index contributed by atoms with van der Waals surface area (Å²) in [6.07, 6.45) is 2.23. The highest BCUT2D eigenvalue weighted by atomic mass is 16.5. The average molecular weight is 484 g/mol. The van der Waals surface area contributed by atoms with E-state index in [0.717, 1.165) is 18.4 Å². The molecule has 0 bridgehead atoms. The van der Waals surface area contributed by atoms with Crippen molar-refractivity contribution >= 4 is 35.0 Å². The molecule has 1 saturated heterocycles. The molecule has 0 aliphatic carbocycles. The molecule has 2 aliphatic rings. The van der Waals surface area contributed by atoms with Crippen molar-refractivity contribution in [1.29, 1.82) is 0 Å². The van der Waals surface area contributed by atoms with E-state index in [9.17, 15) is 19.2 Å². The Morgan fingerprint density at radius 1 is 0.917 bits per heavy atom. The molecule has 2 heterocycles. The fraction of sp³-hybridized carbons (Fsp3) is 0.214. The van der Waals surface area contributed by atoms with Gasteiger partial charge in [0.15, 0.2) is 0 Å². The maximum absolute atomic E-state index is 13.0. The number of benzene rings is 3. The second-order valence-corrected chi connectivity index (χ2v) is 8.79. The lowest BCUT2D eigenvalue weighted by atomic mass is 10.1. The third-order valence-electron chi connectivity index (χ3n) is 6.47. The van der Waals surface area contributed by atoms with Crippen molar-refractivity contribution in [2.45, 2.75) is 25.8 Å². The molecule has 8 heteroatoms. The van der Waals surface area contributed by atoms with Crippen LogP contribution in [-0.2, 0) is 11.3 Å². The first kappa shape index (κ1) is 23.3. The van der Waals surface area contributed by atoms with Crippen LogP contribution in [0.3, 0.4) is 0 Å². The van der Waals surface area contributed by atoms with Crippen molar-refractivity contribution in [3.8, 4) is 5.75 Å². The highest BCUT2D eigenvalue weighted by Crippen LogP contribution is 2.34. The summed E-state index contributed by atoms with van der Waals surface area (Å²) in [4.78, 5) is 54.2. The molecule has 0 unspecified atom stereocenters. The van der Waals surface area contributed by atoms with Gasteiger partial charge in [0, 0.05) is 24.2 Å². The molecule has 1 fully saturated rings. The quantitative estimate of drug-likeness (QED) is 0.529. The van der Waals surface area contributed by atoms with Gasteiger partial charge in [0.05, 0.1) is 30.5 Å². The van der Waals surface area contributed by atoms with E-state index in [2.05, 4.69) is 5.32 Å². The van der Waals surface area contributed by atoms with E-state index in [4.69, 9.17) is 4.74 Å². The monoisotopic (exact) mass is 483 g/mol. The Morgan fingerprint density at radius 3 is 2.44 bits per heavy atom. The van der Waals surface area contributed by atoms with Crippen LogP contribution in [0.5, 0.6) is 5.75 Å². The standard InChI is InChI=1S/C28H25N3O5/c1-36-24-13-11-20(16-23(24)30-14-6-5-9-25(30)32)29-26(33)19-10-12-21-22(15-19)28(35)31(27(21)34)17-18-7-3-2-4-8-18/h2-4,7-8,10-13,15-16H,5-6,9,14,17H2,1H3,(H,29,33). The number of piperidine rings is 1. The van der Waals surface area contributed by atoms with E-state index in [0.29, 0.717) is 30.1 Å². The zero-order chi connectivity index (χ0) is 25.2. The number of imide groups is 1. The number of rotatable bonds is 6. The summed E-state index contributed by atoms with van der Waals surface area (Å²) < 4.78 is 5.44. The van der Waals surface area contributed by atoms with Gasteiger partial charge in [-0.05, 0) is 54.8 Å². The van der Waals surface area contributed by atoms with Crippen LogP contribution in [0.2, 0.25) is 0 Å². The first-order valence-electron chi connectivity index (χ1n) is 11.8. The summed E-state index contributed by atoms with van der Waals surface area (Å²) in [6, 6.07) is 18.9. The van der Waals surface area contributed by atoms with Crippen molar-refractivity contribution in [1.82, 2.24) is 4.90 Å². The minimum Gasteiger partial charge on any atom is -0.495 e. The molecule has 2 aliphatic heterocycles. The van der Waals surface area contributed by atoms with E-state index >= 15 is 0 Å². The third-order valence-corrected chi connectivity index (χ3v) is 6.47. The van der Waals surface area contributed by atoms with Crippen molar-refractivity contribution < 1.29 is 23.9 Å². The molecule has 0 saturated carbocycles. The van der Waals surface area contributed by atoms with Gasteiger partial charge in [-0.3, -0.25) is 24.1 Å². The highest BCUT2D eigenvalue weighted by molar-refractivity contribution is 6.22. The molecule has 0 spiro atoms. The van der Waals surface area contributed by atoms with Crippen LogP contribution in [0.4, 0.5) is 11.4 Å². The first-order valence-corrected chi connectivity index (χ1v) is 11.8. The minimum atomic E-state index is -0.430. The lowest BCUT2D eigenvalue weighted by molar-refractivity contribution is -0.119. The van der Waals surface area contributed by atoms with Gasteiger partial charge >= 0.3 is 0 Å². The average Bonchev–Trinajstić information content (AvgIpc) is 3.14. The molecule has 3 aromatic carbocycles. The summed E-state index contributed by atoms with van der Waals surface area (Å²) in [5.74, 6) is -0.672. The smallest absolute Gasteiger partial charge is 0.261 e. The van der Waals surface area contributed by atoms with Crippen molar-refractivity contribution in [2.75, 3.05) is 23.9 Å². The maximum Gasteiger partial charge on any atom is 0.261 e. The number of hydrogen-bond acceptors (Lipinski definition) is 5. The van der Waals surface area contributed by atoms with E-state index in [1.54, 1.807) is 23.1 Å². The van der Waals surface area contributed by atoms with Crippen molar-refractivity contribution in [3.63, 3.8) is 0 Å².